The Morgan fingerprint density at radius 2 is 1.27 bits per heavy atom. The van der Waals surface area contributed by atoms with Crippen LogP contribution >= 0.6 is 0 Å². The average Bonchev–Trinajstić information content (AvgIpc) is 2.69. The lowest BCUT2D eigenvalue weighted by molar-refractivity contribution is 0.517. The molecule has 0 radical (unpaired) electrons. The predicted octanol–water partition coefficient (Wildman–Crippen LogP) is 5.96. The van der Waals surface area contributed by atoms with Crippen LogP contribution in [0.4, 0.5) is 0 Å². The maximum atomic E-state index is 6.70. The zero-order valence-corrected chi connectivity index (χ0v) is 16.7. The molecule has 0 bridgehead atoms. The van der Waals surface area contributed by atoms with Gasteiger partial charge in [-0.3, -0.25) is 0 Å². The van der Waals surface area contributed by atoms with Gasteiger partial charge in [0.2, 0.25) is 0 Å². The molecule has 132 valence electrons. The minimum absolute atomic E-state index is 0.284. The van der Waals surface area contributed by atoms with Crippen molar-refractivity contribution in [3.05, 3.63) is 108 Å². The summed E-state index contributed by atoms with van der Waals surface area (Å²) in [6.07, 6.45) is 2.25. The third kappa shape index (κ3) is 4.53. The van der Waals surface area contributed by atoms with Crippen molar-refractivity contribution < 1.29 is 4.43 Å². The SMILES string of the molecule is CC(/C=C(\O[Si](C)(C)c1ccccc1)c1ccccc1)c1ccccc1. The fourth-order valence-electron chi connectivity index (χ4n) is 3.04. The van der Waals surface area contributed by atoms with Crippen molar-refractivity contribution in [2.45, 2.75) is 25.9 Å². The van der Waals surface area contributed by atoms with Crippen molar-refractivity contribution >= 4 is 19.3 Å². The summed E-state index contributed by atoms with van der Waals surface area (Å²) >= 11 is 0. The molecule has 1 atom stereocenters. The lowest BCUT2D eigenvalue weighted by atomic mass is 9.99. The molecule has 1 nitrogen and oxygen atoms in total. The molecule has 3 aromatic carbocycles. The van der Waals surface area contributed by atoms with Gasteiger partial charge in [-0.05, 0) is 29.9 Å². The van der Waals surface area contributed by atoms with Crippen LogP contribution in [0.15, 0.2) is 97.1 Å². The van der Waals surface area contributed by atoms with Gasteiger partial charge in [0.05, 0.1) is 0 Å². The summed E-state index contributed by atoms with van der Waals surface area (Å²) in [5, 5.41) is 1.30. The molecule has 0 spiro atoms. The molecule has 0 aliphatic rings. The molecule has 0 fully saturated rings. The molecule has 0 amide bonds. The van der Waals surface area contributed by atoms with E-state index in [0.717, 1.165) is 11.3 Å². The topological polar surface area (TPSA) is 9.23 Å². The van der Waals surface area contributed by atoms with Crippen molar-refractivity contribution in [1.29, 1.82) is 0 Å². The highest BCUT2D eigenvalue weighted by molar-refractivity contribution is 6.85. The molecule has 0 aliphatic carbocycles. The van der Waals surface area contributed by atoms with Crippen molar-refractivity contribution in [3.63, 3.8) is 0 Å². The zero-order chi connectivity index (χ0) is 18.4. The molecule has 1 unspecified atom stereocenters. The standard InChI is InChI=1S/C24H26OSi/c1-20(21-13-7-4-8-14-21)19-24(22-15-9-5-10-16-22)25-26(2,3)23-17-11-6-12-18-23/h4-20H,1-3H3/b24-19-. The number of allylic oxidation sites excluding steroid dienone is 1. The van der Waals surface area contributed by atoms with Gasteiger partial charge in [0.15, 0.2) is 0 Å². The van der Waals surface area contributed by atoms with E-state index < -0.39 is 8.32 Å². The van der Waals surface area contributed by atoms with Crippen LogP contribution in [0.5, 0.6) is 0 Å². The highest BCUT2D eigenvalue weighted by atomic mass is 28.4. The molecule has 0 N–H and O–H groups in total. The number of rotatable bonds is 6. The molecule has 3 rings (SSSR count). The average molecular weight is 359 g/mol. The smallest absolute Gasteiger partial charge is 0.276 e. The Kier molecular flexibility index (Phi) is 5.74. The van der Waals surface area contributed by atoms with E-state index in [4.69, 9.17) is 4.43 Å². The van der Waals surface area contributed by atoms with Crippen LogP contribution in [0, 0.1) is 0 Å². The Morgan fingerprint density at radius 3 is 1.85 bits per heavy atom. The van der Waals surface area contributed by atoms with Gasteiger partial charge >= 0.3 is 0 Å². The third-order valence-corrected chi connectivity index (χ3v) is 7.07. The van der Waals surface area contributed by atoms with Gasteiger partial charge < -0.3 is 4.43 Å². The predicted molar refractivity (Wildman–Crippen MR) is 114 cm³/mol. The van der Waals surface area contributed by atoms with Crippen LogP contribution in [-0.4, -0.2) is 8.32 Å². The summed E-state index contributed by atoms with van der Waals surface area (Å²) in [5.41, 5.74) is 2.43. The van der Waals surface area contributed by atoms with Crippen molar-refractivity contribution in [1.82, 2.24) is 0 Å². The van der Waals surface area contributed by atoms with Gasteiger partial charge in [0.25, 0.3) is 8.32 Å². The van der Waals surface area contributed by atoms with Crippen molar-refractivity contribution in [3.8, 4) is 0 Å². The van der Waals surface area contributed by atoms with Gasteiger partial charge in [0, 0.05) is 11.5 Å². The van der Waals surface area contributed by atoms with Crippen LogP contribution < -0.4 is 5.19 Å². The second-order valence-corrected chi connectivity index (χ2v) is 10.9. The molecule has 3 aromatic rings. The molecule has 26 heavy (non-hydrogen) atoms. The summed E-state index contributed by atoms with van der Waals surface area (Å²) in [6, 6.07) is 31.6. The molecule has 0 aliphatic heterocycles. The van der Waals surface area contributed by atoms with E-state index >= 15 is 0 Å². The molecule has 0 saturated heterocycles. The van der Waals surface area contributed by atoms with E-state index in [1.807, 2.05) is 6.07 Å². The van der Waals surface area contributed by atoms with E-state index in [1.165, 1.54) is 10.8 Å². The first-order chi connectivity index (χ1) is 12.6. The van der Waals surface area contributed by atoms with Gasteiger partial charge in [-0.1, -0.05) is 97.9 Å². The highest BCUT2D eigenvalue weighted by Gasteiger charge is 2.28. The highest BCUT2D eigenvalue weighted by Crippen LogP contribution is 2.26. The fraction of sp³-hybridized carbons (Fsp3) is 0.167. The maximum absolute atomic E-state index is 6.70. The Labute approximate surface area is 158 Å². The molecule has 0 saturated carbocycles. The molecular weight excluding hydrogens is 332 g/mol. The van der Waals surface area contributed by atoms with Crippen LogP contribution in [0.1, 0.15) is 24.0 Å². The molecule has 2 heteroatoms. The molecular formula is C24H26OSi. The summed E-state index contributed by atoms with van der Waals surface area (Å²) in [5.74, 6) is 1.26. The van der Waals surface area contributed by atoms with Gasteiger partial charge in [-0.2, -0.15) is 0 Å². The summed E-state index contributed by atoms with van der Waals surface area (Å²) in [7, 11) is -2.06. The summed E-state index contributed by atoms with van der Waals surface area (Å²) in [6.45, 7) is 6.73. The molecule has 0 heterocycles. The second-order valence-electron chi connectivity index (χ2n) is 7.07. The zero-order valence-electron chi connectivity index (χ0n) is 15.7. The van der Waals surface area contributed by atoms with Crippen LogP contribution in [0.3, 0.4) is 0 Å². The van der Waals surface area contributed by atoms with E-state index in [-0.39, 0.29) is 5.92 Å². The first-order valence-electron chi connectivity index (χ1n) is 9.13. The molecule has 0 aromatic heterocycles. The van der Waals surface area contributed by atoms with E-state index in [2.05, 4.69) is 111 Å². The lowest BCUT2D eigenvalue weighted by Crippen LogP contribution is -2.44. The second kappa shape index (κ2) is 8.20. The summed E-state index contributed by atoms with van der Waals surface area (Å²) < 4.78 is 6.70. The Hall–Kier alpha value is -2.58. The minimum atomic E-state index is -2.06. The van der Waals surface area contributed by atoms with Crippen molar-refractivity contribution in [2.24, 2.45) is 0 Å². The quantitative estimate of drug-likeness (QED) is 0.390. The van der Waals surface area contributed by atoms with E-state index in [1.54, 1.807) is 0 Å². The van der Waals surface area contributed by atoms with Crippen LogP contribution in [-0.2, 0) is 4.43 Å². The Morgan fingerprint density at radius 1 is 0.769 bits per heavy atom. The van der Waals surface area contributed by atoms with Gasteiger partial charge in [-0.25, -0.2) is 0 Å². The number of hydrogen-bond acceptors (Lipinski definition) is 1. The third-order valence-electron chi connectivity index (χ3n) is 4.62. The maximum Gasteiger partial charge on any atom is 0.276 e. The normalized spacial score (nSPS) is 13.3. The van der Waals surface area contributed by atoms with Crippen LogP contribution in [0.25, 0.3) is 5.76 Å². The van der Waals surface area contributed by atoms with Gasteiger partial charge in [-0.15, -0.1) is 0 Å². The van der Waals surface area contributed by atoms with Crippen LogP contribution in [0.2, 0.25) is 13.1 Å². The Balaban J connectivity index is 1.95. The van der Waals surface area contributed by atoms with Crippen molar-refractivity contribution in [2.75, 3.05) is 0 Å². The summed E-state index contributed by atoms with van der Waals surface area (Å²) in [4.78, 5) is 0. The first kappa shape index (κ1) is 18.2. The number of benzene rings is 3. The largest absolute Gasteiger partial charge is 0.539 e. The first-order valence-corrected chi connectivity index (χ1v) is 12.0. The minimum Gasteiger partial charge on any atom is -0.539 e. The van der Waals surface area contributed by atoms with Gasteiger partial charge in [0.1, 0.15) is 5.76 Å². The fourth-order valence-corrected chi connectivity index (χ4v) is 4.89. The monoisotopic (exact) mass is 358 g/mol. The van der Waals surface area contributed by atoms with E-state index in [9.17, 15) is 0 Å². The lowest BCUT2D eigenvalue weighted by Gasteiger charge is -2.27. The number of hydrogen-bond donors (Lipinski definition) is 0. The Bertz CT molecular complexity index is 839. The van der Waals surface area contributed by atoms with E-state index in [0.29, 0.717) is 0 Å².